The summed E-state index contributed by atoms with van der Waals surface area (Å²) in [7, 11) is 0. The minimum absolute atomic E-state index is 0.00558. The monoisotopic (exact) mass is 338 g/mol. The Bertz CT molecular complexity index is 393. The second-order valence-corrected chi connectivity index (χ2v) is 6.58. The molecule has 0 radical (unpaired) electrons. The highest BCUT2D eigenvalue weighted by atomic mass is 79.9. The number of hydrogen-bond donors (Lipinski definition) is 0. The van der Waals surface area contributed by atoms with E-state index in [1.54, 1.807) is 0 Å². The summed E-state index contributed by atoms with van der Waals surface area (Å²) in [6.45, 7) is 5.11. The van der Waals surface area contributed by atoms with Gasteiger partial charge in [-0.2, -0.15) is 13.2 Å². The molecule has 0 aliphatic heterocycles. The molecule has 0 aromatic heterocycles. The molecule has 1 unspecified atom stereocenters. The molecule has 1 rings (SSSR count). The van der Waals surface area contributed by atoms with E-state index >= 15 is 0 Å². The summed E-state index contributed by atoms with van der Waals surface area (Å²) in [5.74, 6) is 0. The van der Waals surface area contributed by atoms with Gasteiger partial charge in [0.1, 0.15) is 6.61 Å². The van der Waals surface area contributed by atoms with Crippen molar-refractivity contribution in [3.05, 3.63) is 35.4 Å². The third kappa shape index (κ3) is 5.95. The van der Waals surface area contributed by atoms with E-state index in [0.717, 1.165) is 5.56 Å². The van der Waals surface area contributed by atoms with Crippen LogP contribution in [0.1, 0.15) is 36.7 Å². The van der Waals surface area contributed by atoms with Crippen molar-refractivity contribution in [2.45, 2.75) is 37.2 Å². The fourth-order valence-electron chi connectivity index (χ4n) is 1.57. The zero-order valence-electron chi connectivity index (χ0n) is 11.2. The third-order valence-corrected chi connectivity index (χ3v) is 3.46. The molecule has 0 spiro atoms. The van der Waals surface area contributed by atoms with Gasteiger partial charge in [0, 0.05) is 0 Å². The first-order valence-electron chi connectivity index (χ1n) is 5.98. The third-order valence-electron chi connectivity index (χ3n) is 2.67. The molecule has 0 aliphatic carbocycles. The Morgan fingerprint density at radius 3 is 2.05 bits per heavy atom. The molecule has 0 bridgehead atoms. The molecule has 5 heteroatoms. The van der Waals surface area contributed by atoms with Crippen LogP contribution >= 0.6 is 15.9 Å². The van der Waals surface area contributed by atoms with Crippen molar-refractivity contribution in [3.63, 3.8) is 0 Å². The Hall–Kier alpha value is -0.550. The van der Waals surface area contributed by atoms with Crippen LogP contribution in [0, 0.1) is 0 Å². The smallest absolute Gasteiger partial charge is 0.371 e. The Kier molecular flexibility index (Phi) is 5.44. The van der Waals surface area contributed by atoms with Gasteiger partial charge in [-0.05, 0) is 16.5 Å². The summed E-state index contributed by atoms with van der Waals surface area (Å²) in [5.41, 5.74) is 2.16. The number of alkyl halides is 4. The molecular formula is C14H18BrF3O. The number of rotatable bonds is 4. The minimum atomic E-state index is -4.27. The molecule has 0 saturated heterocycles. The molecule has 1 atom stereocenters. The lowest BCUT2D eigenvalue weighted by Crippen LogP contribution is -2.18. The second-order valence-electron chi connectivity index (χ2n) is 5.47. The molecule has 0 N–H and O–H groups in total. The fraction of sp³-hybridized carbons (Fsp3) is 0.571. The summed E-state index contributed by atoms with van der Waals surface area (Å²) >= 11 is 3.34. The van der Waals surface area contributed by atoms with Gasteiger partial charge in [0.2, 0.25) is 0 Å². The Balaban J connectivity index is 2.56. The number of hydrogen-bond acceptors (Lipinski definition) is 1. The maximum absolute atomic E-state index is 12.0. The number of benzene rings is 1. The Labute approximate surface area is 120 Å². The molecule has 108 valence electrons. The first-order chi connectivity index (χ1) is 8.59. The SMILES string of the molecule is CC(C)(C)c1ccc(C(Br)COCC(F)(F)F)cc1. The number of halogens is 4. The van der Waals surface area contributed by atoms with Crippen molar-refractivity contribution in [1.82, 2.24) is 0 Å². The van der Waals surface area contributed by atoms with Gasteiger partial charge < -0.3 is 4.74 Å². The van der Waals surface area contributed by atoms with E-state index in [0.29, 0.717) is 0 Å². The molecule has 0 heterocycles. The highest BCUT2D eigenvalue weighted by Crippen LogP contribution is 2.28. The quantitative estimate of drug-likeness (QED) is 0.702. The summed E-state index contributed by atoms with van der Waals surface area (Å²) in [6, 6.07) is 7.81. The van der Waals surface area contributed by atoms with Crippen molar-refractivity contribution < 1.29 is 17.9 Å². The van der Waals surface area contributed by atoms with Crippen molar-refractivity contribution in [3.8, 4) is 0 Å². The van der Waals surface area contributed by atoms with Crippen LogP contribution in [-0.2, 0) is 10.2 Å². The van der Waals surface area contributed by atoms with Gasteiger partial charge in [-0.25, -0.2) is 0 Å². The van der Waals surface area contributed by atoms with Crippen LogP contribution < -0.4 is 0 Å². The average Bonchev–Trinajstić information content (AvgIpc) is 2.26. The first-order valence-corrected chi connectivity index (χ1v) is 6.90. The molecule has 1 nitrogen and oxygen atoms in total. The van der Waals surface area contributed by atoms with E-state index in [4.69, 9.17) is 0 Å². The first kappa shape index (κ1) is 16.5. The van der Waals surface area contributed by atoms with Crippen molar-refractivity contribution in [2.75, 3.05) is 13.2 Å². The van der Waals surface area contributed by atoms with Crippen LogP contribution in [0.15, 0.2) is 24.3 Å². The summed E-state index contributed by atoms with van der Waals surface area (Å²) in [4.78, 5) is -0.233. The van der Waals surface area contributed by atoms with Crippen LogP contribution in [0.2, 0.25) is 0 Å². The maximum Gasteiger partial charge on any atom is 0.411 e. The Morgan fingerprint density at radius 2 is 1.63 bits per heavy atom. The van der Waals surface area contributed by atoms with E-state index in [9.17, 15) is 13.2 Å². The fourth-order valence-corrected chi connectivity index (χ4v) is 2.06. The second kappa shape index (κ2) is 6.27. The molecule has 1 aromatic rings. The van der Waals surface area contributed by atoms with Crippen LogP contribution in [-0.4, -0.2) is 19.4 Å². The normalized spacial score (nSPS) is 14.5. The molecule has 0 saturated carbocycles. The van der Waals surface area contributed by atoms with Crippen LogP contribution in [0.3, 0.4) is 0 Å². The van der Waals surface area contributed by atoms with E-state index in [2.05, 4.69) is 41.4 Å². The molecule has 1 aromatic carbocycles. The van der Waals surface area contributed by atoms with Crippen LogP contribution in [0.25, 0.3) is 0 Å². The largest absolute Gasteiger partial charge is 0.411 e. The van der Waals surface area contributed by atoms with E-state index in [1.165, 1.54) is 5.56 Å². The molecule has 19 heavy (non-hydrogen) atoms. The topological polar surface area (TPSA) is 9.23 Å². The maximum atomic E-state index is 12.0. The summed E-state index contributed by atoms with van der Waals surface area (Å²) in [5, 5.41) is 0. The highest BCUT2D eigenvalue weighted by molar-refractivity contribution is 9.09. The van der Waals surface area contributed by atoms with Gasteiger partial charge in [0.25, 0.3) is 0 Å². The predicted molar refractivity (Wildman–Crippen MR) is 73.7 cm³/mol. The lowest BCUT2D eigenvalue weighted by molar-refractivity contribution is -0.173. The standard InChI is InChI=1S/C14H18BrF3O/c1-13(2,3)11-6-4-10(5-7-11)12(15)8-19-9-14(16,17)18/h4-7,12H,8-9H2,1-3H3. The predicted octanol–water partition coefficient (Wildman–Crippen LogP) is 5.00. The minimum Gasteiger partial charge on any atom is -0.371 e. The molecular weight excluding hydrogens is 321 g/mol. The van der Waals surface area contributed by atoms with Crippen molar-refractivity contribution >= 4 is 15.9 Å². The van der Waals surface area contributed by atoms with Crippen molar-refractivity contribution in [1.29, 1.82) is 0 Å². The lowest BCUT2D eigenvalue weighted by Gasteiger charge is -2.20. The average molecular weight is 339 g/mol. The van der Waals surface area contributed by atoms with Gasteiger partial charge in [-0.15, -0.1) is 0 Å². The molecule has 0 amide bonds. The zero-order chi connectivity index (χ0) is 14.7. The molecule has 0 fully saturated rings. The van der Waals surface area contributed by atoms with E-state index < -0.39 is 12.8 Å². The van der Waals surface area contributed by atoms with Gasteiger partial charge in [0.15, 0.2) is 0 Å². The summed E-state index contributed by atoms with van der Waals surface area (Å²) in [6.07, 6.45) is -4.27. The Morgan fingerprint density at radius 1 is 1.11 bits per heavy atom. The zero-order valence-corrected chi connectivity index (χ0v) is 12.8. The van der Waals surface area contributed by atoms with Crippen LogP contribution in [0.5, 0.6) is 0 Å². The van der Waals surface area contributed by atoms with Gasteiger partial charge >= 0.3 is 6.18 Å². The summed E-state index contributed by atoms with van der Waals surface area (Å²) < 4.78 is 40.5. The van der Waals surface area contributed by atoms with E-state index in [1.807, 2.05) is 24.3 Å². The lowest BCUT2D eigenvalue weighted by atomic mass is 9.86. The number of ether oxygens (including phenoxy) is 1. The van der Waals surface area contributed by atoms with Gasteiger partial charge in [-0.3, -0.25) is 0 Å². The van der Waals surface area contributed by atoms with Gasteiger partial charge in [0.05, 0.1) is 11.4 Å². The van der Waals surface area contributed by atoms with Crippen molar-refractivity contribution in [2.24, 2.45) is 0 Å². The van der Waals surface area contributed by atoms with E-state index in [-0.39, 0.29) is 16.8 Å². The molecule has 0 aliphatic rings. The van der Waals surface area contributed by atoms with Crippen LogP contribution in [0.4, 0.5) is 13.2 Å². The highest BCUT2D eigenvalue weighted by Gasteiger charge is 2.27. The van der Waals surface area contributed by atoms with Gasteiger partial charge in [-0.1, -0.05) is 61.0 Å².